The van der Waals surface area contributed by atoms with E-state index in [1.165, 1.54) is 0 Å². The van der Waals surface area contributed by atoms with Gasteiger partial charge in [-0.25, -0.2) is 19.9 Å². The van der Waals surface area contributed by atoms with Gasteiger partial charge in [0, 0.05) is 49.8 Å². The zero-order chi connectivity index (χ0) is 26.8. The minimum atomic E-state index is 0.308. The third kappa shape index (κ3) is 5.77. The SMILES string of the molecule is Nc1nccn2c1c(I)nc2[C@H]1CC[C@H](CO)CC1.OC[C@H]1CC[C@H](c2nc(I)c3c(Cl)nccn32)CC1. The Hall–Kier alpha value is -1.29. The predicted octanol–water partition coefficient (Wildman–Crippen LogP) is 5.44. The molecule has 0 bridgehead atoms. The number of anilines is 1. The zero-order valence-corrected chi connectivity index (χ0v) is 26.0. The Balaban J connectivity index is 0.000000155. The molecule has 2 aliphatic rings. The van der Waals surface area contributed by atoms with E-state index >= 15 is 0 Å². The van der Waals surface area contributed by atoms with Crippen LogP contribution < -0.4 is 5.73 Å². The smallest absolute Gasteiger partial charge is 0.155 e. The first-order valence-corrected chi connectivity index (χ1v) is 15.6. The summed E-state index contributed by atoms with van der Waals surface area (Å²) in [5.41, 5.74) is 7.76. The number of halogens is 3. The minimum Gasteiger partial charge on any atom is -0.396 e. The molecule has 12 heteroatoms. The van der Waals surface area contributed by atoms with E-state index in [0.717, 1.165) is 81.5 Å². The summed E-state index contributed by atoms with van der Waals surface area (Å²) >= 11 is 10.6. The number of imidazole rings is 2. The first kappa shape index (κ1) is 28.2. The lowest BCUT2D eigenvalue weighted by molar-refractivity contribution is 0.180. The van der Waals surface area contributed by atoms with Gasteiger partial charge in [-0.15, -0.1) is 0 Å². The van der Waals surface area contributed by atoms with Gasteiger partial charge in [-0.05, 0) is 108 Å². The molecule has 2 fully saturated rings. The molecular weight excluding hydrogens is 732 g/mol. The summed E-state index contributed by atoms with van der Waals surface area (Å²) in [5.74, 6) is 4.55. The fourth-order valence-electron chi connectivity index (χ4n) is 5.81. The Labute approximate surface area is 253 Å². The highest BCUT2D eigenvalue weighted by Crippen LogP contribution is 2.38. The van der Waals surface area contributed by atoms with Crippen LogP contribution in [0.15, 0.2) is 24.8 Å². The molecule has 0 aliphatic heterocycles. The molecule has 2 aliphatic carbocycles. The first-order chi connectivity index (χ1) is 18.4. The van der Waals surface area contributed by atoms with E-state index in [4.69, 9.17) is 22.3 Å². The van der Waals surface area contributed by atoms with Crippen molar-refractivity contribution in [2.75, 3.05) is 18.9 Å². The van der Waals surface area contributed by atoms with Crippen LogP contribution in [0.1, 0.15) is 74.9 Å². The van der Waals surface area contributed by atoms with Gasteiger partial charge in [-0.1, -0.05) is 11.6 Å². The van der Waals surface area contributed by atoms with E-state index in [2.05, 4.69) is 68.9 Å². The van der Waals surface area contributed by atoms with Crippen LogP contribution in [0.3, 0.4) is 0 Å². The molecule has 38 heavy (non-hydrogen) atoms. The first-order valence-electron chi connectivity index (χ1n) is 13.1. The maximum absolute atomic E-state index is 9.21. The number of rotatable bonds is 4. The summed E-state index contributed by atoms with van der Waals surface area (Å²) in [6, 6.07) is 0. The molecule has 0 unspecified atom stereocenters. The summed E-state index contributed by atoms with van der Waals surface area (Å²) in [4.78, 5) is 17.6. The van der Waals surface area contributed by atoms with Gasteiger partial charge < -0.3 is 15.9 Å². The van der Waals surface area contributed by atoms with Gasteiger partial charge in [0.15, 0.2) is 11.0 Å². The lowest BCUT2D eigenvalue weighted by Gasteiger charge is -2.26. The number of aliphatic hydroxyl groups excluding tert-OH is 2. The van der Waals surface area contributed by atoms with Crippen LogP contribution in [0.25, 0.3) is 11.0 Å². The number of aromatic nitrogens is 6. The molecule has 9 nitrogen and oxygen atoms in total. The van der Waals surface area contributed by atoms with Crippen molar-refractivity contribution in [3.8, 4) is 0 Å². The van der Waals surface area contributed by atoms with Crippen LogP contribution >= 0.6 is 56.8 Å². The van der Waals surface area contributed by atoms with E-state index in [-0.39, 0.29) is 0 Å². The summed E-state index contributed by atoms with van der Waals surface area (Å²) in [5, 5.41) is 18.9. The van der Waals surface area contributed by atoms with Crippen molar-refractivity contribution < 1.29 is 10.2 Å². The lowest BCUT2D eigenvalue weighted by Crippen LogP contribution is -2.17. The maximum Gasteiger partial charge on any atom is 0.155 e. The van der Waals surface area contributed by atoms with Crippen molar-refractivity contribution in [2.45, 2.75) is 63.2 Å². The van der Waals surface area contributed by atoms with Crippen LogP contribution in [0.2, 0.25) is 5.15 Å². The largest absolute Gasteiger partial charge is 0.396 e. The molecule has 204 valence electrons. The predicted molar refractivity (Wildman–Crippen MR) is 164 cm³/mol. The van der Waals surface area contributed by atoms with Crippen molar-refractivity contribution in [3.05, 3.63) is 49.0 Å². The van der Waals surface area contributed by atoms with Gasteiger partial charge >= 0.3 is 0 Å². The quantitative estimate of drug-likeness (QED) is 0.237. The summed E-state index contributed by atoms with van der Waals surface area (Å²) in [7, 11) is 0. The van der Waals surface area contributed by atoms with Gasteiger partial charge in [-0.3, -0.25) is 8.80 Å². The molecule has 2 saturated carbocycles. The van der Waals surface area contributed by atoms with Gasteiger partial charge in [0.05, 0.1) is 0 Å². The molecule has 6 rings (SSSR count). The number of nitrogen functional groups attached to an aromatic ring is 1. The van der Waals surface area contributed by atoms with Crippen LogP contribution in [0.4, 0.5) is 5.82 Å². The fraction of sp³-hybridized carbons (Fsp3) is 0.538. The van der Waals surface area contributed by atoms with Crippen molar-refractivity contribution in [3.63, 3.8) is 0 Å². The topological polar surface area (TPSA) is 127 Å². The van der Waals surface area contributed by atoms with Crippen molar-refractivity contribution in [2.24, 2.45) is 11.8 Å². The second kappa shape index (κ2) is 12.5. The number of fused-ring (bicyclic) bond motifs is 2. The molecule has 4 heterocycles. The second-order valence-electron chi connectivity index (χ2n) is 10.3. The van der Waals surface area contributed by atoms with Crippen LogP contribution in [0, 0.1) is 19.2 Å². The lowest BCUT2D eigenvalue weighted by atomic mass is 9.82. The zero-order valence-electron chi connectivity index (χ0n) is 21.0. The third-order valence-corrected chi connectivity index (χ3v) is 9.78. The highest BCUT2D eigenvalue weighted by molar-refractivity contribution is 14.1. The molecule has 4 aromatic heterocycles. The molecule has 4 aromatic rings. The molecule has 0 radical (unpaired) electrons. The fourth-order valence-corrected chi connectivity index (χ4v) is 7.75. The summed E-state index contributed by atoms with van der Waals surface area (Å²) in [6.07, 6.45) is 16.0. The summed E-state index contributed by atoms with van der Waals surface area (Å²) in [6.45, 7) is 0.617. The minimum absolute atomic E-state index is 0.308. The van der Waals surface area contributed by atoms with Crippen LogP contribution in [0.5, 0.6) is 0 Å². The average Bonchev–Trinajstić information content (AvgIpc) is 3.47. The van der Waals surface area contributed by atoms with Crippen molar-refractivity contribution in [1.82, 2.24) is 28.7 Å². The van der Waals surface area contributed by atoms with E-state index in [9.17, 15) is 10.2 Å². The number of nitrogens with two attached hydrogens (primary N) is 1. The molecule has 0 saturated heterocycles. The van der Waals surface area contributed by atoms with E-state index in [1.807, 2.05) is 12.4 Å². The van der Waals surface area contributed by atoms with E-state index < -0.39 is 0 Å². The normalized spacial score (nSPS) is 23.9. The van der Waals surface area contributed by atoms with Crippen molar-refractivity contribution >= 4 is 73.6 Å². The molecule has 0 aromatic carbocycles. The Morgan fingerprint density at radius 1 is 0.763 bits per heavy atom. The molecule has 0 spiro atoms. The number of hydrogen-bond acceptors (Lipinski definition) is 7. The van der Waals surface area contributed by atoms with Crippen molar-refractivity contribution in [1.29, 1.82) is 0 Å². The van der Waals surface area contributed by atoms with E-state index in [0.29, 0.717) is 47.9 Å². The van der Waals surface area contributed by atoms with Crippen LogP contribution in [-0.4, -0.2) is 52.2 Å². The standard InChI is InChI=1S/C13H15ClIN3O.C13H17IN4O/c14-11-10-12(15)17-13(18(10)6-5-16-11)9-3-1-8(7-19)2-4-9;14-11-10-12(15)16-5-6-18(10)13(17-11)9-3-1-8(7-19)2-4-9/h5-6,8-9,19H,1-4,7H2;5-6,8-9,19H,1-4,7H2,(H2,15,16)/t2*8-,9-. The Morgan fingerprint density at radius 3 is 1.71 bits per heavy atom. The monoisotopic (exact) mass is 763 g/mol. The summed E-state index contributed by atoms with van der Waals surface area (Å²) < 4.78 is 5.98. The van der Waals surface area contributed by atoms with Gasteiger partial charge in [-0.2, -0.15) is 0 Å². The highest BCUT2D eigenvalue weighted by Gasteiger charge is 2.27. The van der Waals surface area contributed by atoms with E-state index in [1.54, 1.807) is 12.4 Å². The van der Waals surface area contributed by atoms with Gasteiger partial charge in [0.25, 0.3) is 0 Å². The number of aliphatic hydroxyl groups is 2. The van der Waals surface area contributed by atoms with Gasteiger partial charge in [0.2, 0.25) is 0 Å². The Morgan fingerprint density at radius 2 is 1.21 bits per heavy atom. The highest BCUT2D eigenvalue weighted by atomic mass is 127. The Bertz CT molecular complexity index is 1290. The maximum atomic E-state index is 9.21. The number of nitrogens with zero attached hydrogens (tertiary/aromatic N) is 6. The molecule has 4 N–H and O–H groups in total. The second-order valence-corrected chi connectivity index (χ2v) is 12.7. The molecule has 0 amide bonds. The molecular formula is C26H32ClI2N7O2. The van der Waals surface area contributed by atoms with Gasteiger partial charge in [0.1, 0.15) is 30.1 Å². The third-order valence-electron chi connectivity index (χ3n) is 8.00. The Kier molecular flexibility index (Phi) is 9.28. The van der Waals surface area contributed by atoms with Crippen LogP contribution in [-0.2, 0) is 0 Å². The number of hydrogen-bond donors (Lipinski definition) is 3. The average molecular weight is 764 g/mol. The molecule has 0 atom stereocenters.